The van der Waals surface area contributed by atoms with Crippen LogP contribution in [0.5, 0.6) is 11.9 Å². The summed E-state index contributed by atoms with van der Waals surface area (Å²) in [7, 11) is 2.91. The molecule has 0 radical (unpaired) electrons. The van der Waals surface area contributed by atoms with Crippen LogP contribution in [0.25, 0.3) is 16.2 Å². The summed E-state index contributed by atoms with van der Waals surface area (Å²) in [6.07, 6.45) is 1.51. The summed E-state index contributed by atoms with van der Waals surface area (Å²) in [4.78, 5) is 47.0. The fraction of sp³-hybridized carbons (Fsp3) is 0.241. The van der Waals surface area contributed by atoms with E-state index in [4.69, 9.17) is 32.6 Å². The summed E-state index contributed by atoms with van der Waals surface area (Å²) < 4.78 is 12.5. The summed E-state index contributed by atoms with van der Waals surface area (Å²) in [6, 6.07) is 10.1. The minimum absolute atomic E-state index is 0.0829. The number of nitrogens with zero attached hydrogens (tertiary/aromatic N) is 6. The van der Waals surface area contributed by atoms with Gasteiger partial charge in [0.25, 0.3) is 11.8 Å². The Morgan fingerprint density at radius 3 is 2.56 bits per heavy atom. The molecule has 4 aromatic rings. The minimum atomic E-state index is -1.64. The number of halogens is 1. The van der Waals surface area contributed by atoms with Crippen LogP contribution in [0.3, 0.4) is 0 Å². The number of imidazole rings is 1. The van der Waals surface area contributed by atoms with E-state index in [0.29, 0.717) is 34.0 Å². The summed E-state index contributed by atoms with van der Waals surface area (Å²) >= 11 is 6.40. The average molecular weight is 570 g/mol. The van der Waals surface area contributed by atoms with Gasteiger partial charge in [0, 0.05) is 34.2 Å². The highest BCUT2D eigenvalue weighted by molar-refractivity contribution is 6.31. The predicted molar refractivity (Wildman–Crippen MR) is 152 cm³/mol. The van der Waals surface area contributed by atoms with Crippen molar-refractivity contribution >= 4 is 40.5 Å². The van der Waals surface area contributed by atoms with Crippen LogP contribution in [0.15, 0.2) is 42.6 Å². The molecule has 0 aliphatic carbocycles. The van der Waals surface area contributed by atoms with Gasteiger partial charge >= 0.3 is 6.01 Å². The van der Waals surface area contributed by atoms with Crippen LogP contribution in [-0.2, 0) is 10.3 Å². The Bertz CT molecular complexity index is 1830. The fourth-order valence-corrected chi connectivity index (χ4v) is 5.90. The van der Waals surface area contributed by atoms with Crippen LogP contribution in [0.4, 0.5) is 17.1 Å². The van der Waals surface area contributed by atoms with E-state index in [-0.39, 0.29) is 34.3 Å². The largest absolute Gasteiger partial charge is 0.480 e. The van der Waals surface area contributed by atoms with Crippen molar-refractivity contribution in [2.75, 3.05) is 24.4 Å². The number of rotatable bonds is 5. The van der Waals surface area contributed by atoms with Gasteiger partial charge in [-0.3, -0.25) is 14.5 Å². The molecule has 2 aromatic carbocycles. The summed E-state index contributed by atoms with van der Waals surface area (Å²) in [5, 5.41) is 3.26. The molecule has 1 unspecified atom stereocenters. The Balaban J connectivity index is 1.72. The highest BCUT2D eigenvalue weighted by Gasteiger charge is 2.64. The number of methoxy groups -OCH3 is 2. The van der Waals surface area contributed by atoms with Crippen LogP contribution in [-0.4, -0.2) is 45.6 Å². The average Bonchev–Trinajstić information content (AvgIpc) is 3.56. The lowest BCUT2D eigenvalue weighted by Crippen LogP contribution is -2.51. The van der Waals surface area contributed by atoms with Gasteiger partial charge in [-0.25, -0.2) is 14.8 Å². The Hall–Kier alpha value is -4.95. The maximum atomic E-state index is 14.4. The Morgan fingerprint density at radius 1 is 1.10 bits per heavy atom. The van der Waals surface area contributed by atoms with Crippen LogP contribution < -0.4 is 19.7 Å². The zero-order valence-corrected chi connectivity index (χ0v) is 23.6. The smallest absolute Gasteiger partial charge is 0.319 e. The van der Waals surface area contributed by atoms with Gasteiger partial charge < -0.3 is 19.4 Å². The quantitative estimate of drug-likeness (QED) is 0.324. The SMILES string of the molecule is [C-]#[N+]c1cc(Cl)cc(N2C(=O)c3nc(-c4cnc(OC)nc4OC)n(C(C)C)c3C23C(=O)Nc2cc(C)ccc23)c1. The van der Waals surface area contributed by atoms with Gasteiger partial charge in [-0.2, -0.15) is 4.98 Å². The van der Waals surface area contributed by atoms with Crippen LogP contribution in [0.1, 0.15) is 47.2 Å². The number of aryl methyl sites for hydroxylation is 1. The highest BCUT2D eigenvalue weighted by atomic mass is 35.5. The first kappa shape index (κ1) is 26.3. The molecule has 1 atom stereocenters. The summed E-state index contributed by atoms with van der Waals surface area (Å²) in [5.41, 5.74) is 1.88. The number of fused-ring (bicyclic) bond motifs is 4. The van der Waals surface area contributed by atoms with Gasteiger partial charge in [-0.1, -0.05) is 23.7 Å². The molecule has 2 amide bonds. The molecule has 6 rings (SSSR count). The molecule has 41 heavy (non-hydrogen) atoms. The van der Waals surface area contributed by atoms with Gasteiger partial charge in [-0.15, -0.1) is 0 Å². The molecule has 11 nitrogen and oxygen atoms in total. The second-order valence-corrected chi connectivity index (χ2v) is 10.4. The van der Waals surface area contributed by atoms with Crippen molar-refractivity contribution in [3.63, 3.8) is 0 Å². The topological polar surface area (TPSA) is 116 Å². The number of hydrogen-bond donors (Lipinski definition) is 1. The fourth-order valence-electron chi connectivity index (χ4n) is 5.68. The third-order valence-electron chi connectivity index (χ3n) is 7.26. The molecule has 2 aliphatic rings. The second kappa shape index (κ2) is 9.31. The molecule has 206 valence electrons. The summed E-state index contributed by atoms with van der Waals surface area (Å²) in [5.74, 6) is -0.390. The maximum absolute atomic E-state index is 14.4. The highest BCUT2D eigenvalue weighted by Crippen LogP contribution is 2.54. The van der Waals surface area contributed by atoms with E-state index in [9.17, 15) is 9.59 Å². The van der Waals surface area contributed by atoms with Gasteiger partial charge in [0.2, 0.25) is 5.88 Å². The third-order valence-corrected chi connectivity index (χ3v) is 7.47. The first-order chi connectivity index (χ1) is 19.6. The number of benzene rings is 2. The lowest BCUT2D eigenvalue weighted by molar-refractivity contribution is -0.119. The maximum Gasteiger partial charge on any atom is 0.319 e. The Labute approximate surface area is 240 Å². The van der Waals surface area contributed by atoms with Crippen molar-refractivity contribution in [2.24, 2.45) is 0 Å². The van der Waals surface area contributed by atoms with E-state index in [1.807, 2.05) is 43.5 Å². The molecule has 0 saturated carbocycles. The number of ether oxygens (including phenoxy) is 2. The zero-order chi connectivity index (χ0) is 29.2. The molecule has 12 heteroatoms. The van der Waals surface area contributed by atoms with E-state index in [1.165, 1.54) is 31.4 Å². The molecule has 0 bridgehead atoms. The van der Waals surface area contributed by atoms with Crippen LogP contribution in [0.2, 0.25) is 5.02 Å². The number of carbonyl (C=O) groups is 2. The number of hydrogen-bond acceptors (Lipinski definition) is 7. The Kier molecular flexibility index (Phi) is 5.97. The third kappa shape index (κ3) is 3.61. The monoisotopic (exact) mass is 569 g/mol. The molecule has 0 saturated heterocycles. The van der Waals surface area contributed by atoms with E-state index >= 15 is 0 Å². The number of aromatic nitrogens is 4. The molecule has 1 spiro atoms. The molecule has 0 fully saturated rings. The van der Waals surface area contributed by atoms with Gasteiger partial charge in [0.05, 0.1) is 32.0 Å². The van der Waals surface area contributed by atoms with E-state index in [1.54, 1.807) is 12.1 Å². The number of nitrogens with one attached hydrogen (secondary N) is 1. The molecular formula is C29H24ClN7O4. The second-order valence-electron chi connectivity index (χ2n) is 10.0. The molecule has 1 N–H and O–H groups in total. The van der Waals surface area contributed by atoms with Gasteiger partial charge in [-0.05, 0) is 50.6 Å². The number of anilines is 2. The minimum Gasteiger partial charge on any atom is -0.480 e. The Morgan fingerprint density at radius 2 is 1.88 bits per heavy atom. The standard InChI is InChI=1S/C29H24ClN7O4/c1-14(2)36-23-22(34-24(36)19-13-32-28(41-6)35-25(19)40-5)26(38)37(18-11-16(30)10-17(12-18)31-4)29(23)20-8-7-15(3)9-21(20)33-27(29)39/h7-14H,1-3,5-6H3,(H,33,39). The molecule has 4 heterocycles. The van der Waals surface area contributed by atoms with Crippen molar-refractivity contribution in [3.05, 3.63) is 81.5 Å². The first-order valence-electron chi connectivity index (χ1n) is 12.7. The van der Waals surface area contributed by atoms with E-state index in [0.717, 1.165) is 5.56 Å². The lowest BCUT2D eigenvalue weighted by atomic mass is 9.86. The number of amides is 2. The van der Waals surface area contributed by atoms with Crippen molar-refractivity contribution in [3.8, 4) is 23.3 Å². The molecule has 2 aliphatic heterocycles. The molecular weight excluding hydrogens is 546 g/mol. The van der Waals surface area contributed by atoms with E-state index < -0.39 is 17.4 Å². The van der Waals surface area contributed by atoms with Crippen molar-refractivity contribution in [1.29, 1.82) is 0 Å². The van der Waals surface area contributed by atoms with Gasteiger partial charge in [0.1, 0.15) is 5.82 Å². The van der Waals surface area contributed by atoms with Crippen molar-refractivity contribution < 1.29 is 19.1 Å². The normalized spacial score (nSPS) is 17.1. The summed E-state index contributed by atoms with van der Waals surface area (Å²) in [6.45, 7) is 13.3. The van der Waals surface area contributed by atoms with Crippen LogP contribution in [0, 0.1) is 13.5 Å². The van der Waals surface area contributed by atoms with Crippen molar-refractivity contribution in [1.82, 2.24) is 19.5 Å². The molecule has 2 aromatic heterocycles. The zero-order valence-electron chi connectivity index (χ0n) is 22.8. The lowest BCUT2D eigenvalue weighted by Gasteiger charge is -2.36. The van der Waals surface area contributed by atoms with Crippen LogP contribution >= 0.6 is 11.6 Å². The van der Waals surface area contributed by atoms with Gasteiger partial charge in [0.15, 0.2) is 16.9 Å². The predicted octanol–water partition coefficient (Wildman–Crippen LogP) is 5.31. The van der Waals surface area contributed by atoms with E-state index in [2.05, 4.69) is 20.1 Å². The number of carbonyl (C=O) groups excluding carboxylic acids is 2. The van der Waals surface area contributed by atoms with Crippen molar-refractivity contribution in [2.45, 2.75) is 32.4 Å². The first-order valence-corrected chi connectivity index (χ1v) is 13.1.